The first-order valence-electron chi connectivity index (χ1n) is 5.99. The number of nitrogens with one attached hydrogen (secondary N) is 1. The van der Waals surface area contributed by atoms with Crippen molar-refractivity contribution < 1.29 is 4.79 Å². The van der Waals surface area contributed by atoms with E-state index >= 15 is 0 Å². The molecular weight excluding hydrogens is 236 g/mol. The number of hydrogen-bond acceptors (Lipinski definition) is 2. The average molecular weight is 251 g/mol. The lowest BCUT2D eigenvalue weighted by Crippen LogP contribution is -2.22. The Morgan fingerprint density at radius 2 is 2.00 bits per heavy atom. The molecule has 1 amide bonds. The molecule has 0 heterocycles. The molecule has 3 rings (SSSR count). The summed E-state index contributed by atoms with van der Waals surface area (Å²) in [5, 5.41) is 3.48. The van der Waals surface area contributed by atoms with E-state index in [2.05, 4.69) is 5.32 Å². The largest absolute Gasteiger partial charge is 0.397 e. The number of carbonyl (C=O) groups is 1. The third kappa shape index (κ3) is 2.12. The second kappa shape index (κ2) is 3.91. The summed E-state index contributed by atoms with van der Waals surface area (Å²) in [6, 6.07) is 5.15. The van der Waals surface area contributed by atoms with E-state index in [1.165, 1.54) is 6.42 Å². The van der Waals surface area contributed by atoms with Crippen LogP contribution in [0.2, 0.25) is 5.02 Å². The van der Waals surface area contributed by atoms with E-state index in [1.54, 1.807) is 18.2 Å². The van der Waals surface area contributed by atoms with Crippen molar-refractivity contribution in [1.82, 2.24) is 0 Å². The van der Waals surface area contributed by atoms with Crippen LogP contribution in [0.5, 0.6) is 0 Å². The fourth-order valence-corrected chi connectivity index (χ4v) is 2.99. The molecular formula is C13H15ClN2O. The van der Waals surface area contributed by atoms with Gasteiger partial charge in [-0.1, -0.05) is 11.6 Å². The highest BCUT2D eigenvalue weighted by molar-refractivity contribution is 6.31. The Kier molecular flexibility index (Phi) is 2.51. The monoisotopic (exact) mass is 250 g/mol. The minimum atomic E-state index is 0.103. The van der Waals surface area contributed by atoms with Crippen molar-refractivity contribution in [1.29, 1.82) is 0 Å². The van der Waals surface area contributed by atoms with Gasteiger partial charge in [0.05, 0.1) is 11.4 Å². The number of anilines is 2. The molecule has 2 saturated carbocycles. The van der Waals surface area contributed by atoms with Crippen LogP contribution >= 0.6 is 11.6 Å². The number of carbonyl (C=O) groups excluding carboxylic acids is 1. The quantitative estimate of drug-likeness (QED) is 0.793. The van der Waals surface area contributed by atoms with Gasteiger partial charge in [0.1, 0.15) is 0 Å². The number of benzene rings is 1. The standard InChI is InChI=1S/C13H15ClN2O/c14-10-1-2-12(11(15)6-10)16-13(17)9-4-7-3-8(7)5-9/h1-2,6-9H,3-5,15H2,(H,16,17). The Morgan fingerprint density at radius 3 is 2.65 bits per heavy atom. The summed E-state index contributed by atoms with van der Waals surface area (Å²) >= 11 is 5.81. The average Bonchev–Trinajstić information content (AvgIpc) is 2.89. The summed E-state index contributed by atoms with van der Waals surface area (Å²) in [6.45, 7) is 0. The second-order valence-electron chi connectivity index (χ2n) is 5.15. The van der Waals surface area contributed by atoms with Gasteiger partial charge in [-0.25, -0.2) is 0 Å². The zero-order valence-corrected chi connectivity index (χ0v) is 10.2. The Morgan fingerprint density at radius 1 is 1.29 bits per heavy atom. The van der Waals surface area contributed by atoms with Crippen molar-refractivity contribution in [2.45, 2.75) is 19.3 Å². The van der Waals surface area contributed by atoms with Gasteiger partial charge in [0.25, 0.3) is 0 Å². The van der Waals surface area contributed by atoms with Crippen molar-refractivity contribution in [3.05, 3.63) is 23.2 Å². The third-order valence-electron chi connectivity index (χ3n) is 3.89. The van der Waals surface area contributed by atoms with E-state index in [-0.39, 0.29) is 11.8 Å². The number of nitrogens with two attached hydrogens (primary N) is 1. The summed E-state index contributed by atoms with van der Waals surface area (Å²) in [6.07, 6.45) is 3.42. The van der Waals surface area contributed by atoms with E-state index in [0.29, 0.717) is 16.4 Å². The van der Waals surface area contributed by atoms with E-state index < -0.39 is 0 Å². The molecule has 3 nitrogen and oxygen atoms in total. The van der Waals surface area contributed by atoms with Crippen molar-refractivity contribution in [2.75, 3.05) is 11.1 Å². The molecule has 2 unspecified atom stereocenters. The van der Waals surface area contributed by atoms with Gasteiger partial charge in [-0.05, 0) is 49.3 Å². The lowest BCUT2D eigenvalue weighted by atomic mass is 10.0. The highest BCUT2D eigenvalue weighted by Crippen LogP contribution is 2.54. The number of rotatable bonds is 2. The predicted molar refractivity (Wildman–Crippen MR) is 68.8 cm³/mol. The van der Waals surface area contributed by atoms with Crippen molar-refractivity contribution in [3.8, 4) is 0 Å². The number of halogens is 1. The molecule has 2 aliphatic carbocycles. The molecule has 1 aromatic rings. The maximum atomic E-state index is 12.0. The highest BCUT2D eigenvalue weighted by Gasteiger charge is 2.47. The zero-order valence-electron chi connectivity index (χ0n) is 9.45. The minimum absolute atomic E-state index is 0.103. The summed E-state index contributed by atoms with van der Waals surface area (Å²) in [5.41, 5.74) is 6.99. The van der Waals surface area contributed by atoms with E-state index in [9.17, 15) is 4.79 Å². The number of nitrogen functional groups attached to an aromatic ring is 1. The molecule has 3 N–H and O–H groups in total. The van der Waals surface area contributed by atoms with E-state index in [1.807, 2.05) is 0 Å². The highest BCUT2D eigenvalue weighted by atomic mass is 35.5. The van der Waals surface area contributed by atoms with Crippen molar-refractivity contribution in [2.24, 2.45) is 17.8 Å². The number of fused-ring (bicyclic) bond motifs is 1. The van der Waals surface area contributed by atoms with Gasteiger partial charge < -0.3 is 11.1 Å². The van der Waals surface area contributed by atoms with E-state index in [0.717, 1.165) is 24.7 Å². The molecule has 0 saturated heterocycles. The van der Waals surface area contributed by atoms with Gasteiger partial charge in [-0.2, -0.15) is 0 Å². The summed E-state index contributed by atoms with van der Waals surface area (Å²) in [7, 11) is 0. The number of amides is 1. The first-order chi connectivity index (χ1) is 8.13. The Bertz CT molecular complexity index is 464. The summed E-state index contributed by atoms with van der Waals surface area (Å²) < 4.78 is 0. The van der Waals surface area contributed by atoms with Crippen molar-refractivity contribution in [3.63, 3.8) is 0 Å². The maximum Gasteiger partial charge on any atom is 0.227 e. The van der Waals surface area contributed by atoms with Gasteiger partial charge in [-0.15, -0.1) is 0 Å². The predicted octanol–water partition coefficient (Wildman–Crippen LogP) is 2.91. The van der Waals surface area contributed by atoms with Gasteiger partial charge >= 0.3 is 0 Å². The lowest BCUT2D eigenvalue weighted by Gasteiger charge is -2.13. The van der Waals surface area contributed by atoms with Crippen LogP contribution in [0.25, 0.3) is 0 Å². The van der Waals surface area contributed by atoms with Crippen LogP contribution in [-0.2, 0) is 4.79 Å². The molecule has 1 aromatic carbocycles. The van der Waals surface area contributed by atoms with Gasteiger partial charge in [0.2, 0.25) is 5.91 Å². The SMILES string of the molecule is Nc1cc(Cl)ccc1NC(=O)C1CC2CC2C1. The van der Waals surface area contributed by atoms with Gasteiger partial charge in [0, 0.05) is 10.9 Å². The molecule has 0 aromatic heterocycles. The van der Waals surface area contributed by atoms with Crippen LogP contribution in [0.1, 0.15) is 19.3 Å². The molecule has 0 bridgehead atoms. The molecule has 0 radical (unpaired) electrons. The van der Waals surface area contributed by atoms with Crippen LogP contribution in [0.3, 0.4) is 0 Å². The fourth-order valence-electron chi connectivity index (χ4n) is 2.81. The fraction of sp³-hybridized carbons (Fsp3) is 0.462. The zero-order chi connectivity index (χ0) is 12.0. The van der Waals surface area contributed by atoms with Crippen LogP contribution in [0.15, 0.2) is 18.2 Å². The molecule has 0 spiro atoms. The van der Waals surface area contributed by atoms with E-state index in [4.69, 9.17) is 17.3 Å². The van der Waals surface area contributed by atoms with Crippen LogP contribution in [0.4, 0.5) is 11.4 Å². The third-order valence-corrected chi connectivity index (χ3v) is 4.12. The molecule has 0 aliphatic heterocycles. The van der Waals surface area contributed by atoms with Gasteiger partial charge in [0.15, 0.2) is 0 Å². The molecule has 2 atom stereocenters. The first kappa shape index (κ1) is 10.9. The second-order valence-corrected chi connectivity index (χ2v) is 5.58. The van der Waals surface area contributed by atoms with Crippen LogP contribution < -0.4 is 11.1 Å². The van der Waals surface area contributed by atoms with Gasteiger partial charge in [-0.3, -0.25) is 4.79 Å². The smallest absolute Gasteiger partial charge is 0.227 e. The van der Waals surface area contributed by atoms with Crippen molar-refractivity contribution >= 4 is 28.9 Å². The maximum absolute atomic E-state index is 12.0. The van der Waals surface area contributed by atoms with Crippen LogP contribution in [0, 0.1) is 17.8 Å². The minimum Gasteiger partial charge on any atom is -0.397 e. The lowest BCUT2D eigenvalue weighted by molar-refractivity contribution is -0.119. The normalized spacial score (nSPS) is 29.8. The molecule has 4 heteroatoms. The summed E-state index contributed by atoms with van der Waals surface area (Å²) in [5.74, 6) is 1.90. The number of hydrogen-bond donors (Lipinski definition) is 2. The topological polar surface area (TPSA) is 55.1 Å². The molecule has 90 valence electrons. The molecule has 2 aliphatic rings. The molecule has 17 heavy (non-hydrogen) atoms. The Balaban J connectivity index is 1.67. The Labute approximate surface area is 105 Å². The Hall–Kier alpha value is -1.22. The first-order valence-corrected chi connectivity index (χ1v) is 6.37. The summed E-state index contributed by atoms with van der Waals surface area (Å²) in [4.78, 5) is 12.0. The van der Waals surface area contributed by atoms with Crippen LogP contribution in [-0.4, -0.2) is 5.91 Å². The molecule has 2 fully saturated rings.